The van der Waals surface area contributed by atoms with Crippen LogP contribution in [0.3, 0.4) is 0 Å². The Kier molecular flexibility index (Phi) is 2.69. The first-order valence-corrected chi connectivity index (χ1v) is 5.10. The SMILES string of the molecule is O=C/C=C(/c1ccc(Cl)cc1)C1CC1. The lowest BCUT2D eigenvalue weighted by molar-refractivity contribution is -0.104. The zero-order valence-electron chi connectivity index (χ0n) is 7.74. The molecule has 0 N–H and O–H groups in total. The topological polar surface area (TPSA) is 17.1 Å². The van der Waals surface area contributed by atoms with E-state index in [2.05, 4.69) is 0 Å². The van der Waals surface area contributed by atoms with E-state index in [1.807, 2.05) is 24.3 Å². The third-order valence-electron chi connectivity index (χ3n) is 2.44. The third-order valence-corrected chi connectivity index (χ3v) is 2.69. The number of carbonyl (C=O) groups is 1. The Labute approximate surface area is 88.4 Å². The molecule has 1 aliphatic carbocycles. The van der Waals surface area contributed by atoms with Crippen molar-refractivity contribution in [3.63, 3.8) is 0 Å². The highest BCUT2D eigenvalue weighted by Gasteiger charge is 2.26. The van der Waals surface area contributed by atoms with Gasteiger partial charge in [0.2, 0.25) is 0 Å². The number of benzene rings is 1. The summed E-state index contributed by atoms with van der Waals surface area (Å²) in [5, 5.41) is 0.731. The van der Waals surface area contributed by atoms with Crippen LogP contribution in [0.5, 0.6) is 0 Å². The minimum atomic E-state index is 0.585. The van der Waals surface area contributed by atoms with E-state index in [9.17, 15) is 4.79 Å². The Hall–Kier alpha value is -1.08. The van der Waals surface area contributed by atoms with Crippen molar-refractivity contribution in [1.82, 2.24) is 0 Å². The molecule has 1 aromatic rings. The Morgan fingerprint density at radius 3 is 2.43 bits per heavy atom. The standard InChI is InChI=1S/C12H11ClO/c13-11-5-3-10(4-6-11)12(7-8-14)9-1-2-9/h3-9H,1-2H2/b12-7+. The molecule has 2 heteroatoms. The second kappa shape index (κ2) is 3.97. The maximum absolute atomic E-state index is 10.5. The molecule has 1 aromatic carbocycles. The maximum atomic E-state index is 10.5. The van der Waals surface area contributed by atoms with Crippen molar-refractivity contribution in [3.05, 3.63) is 40.9 Å². The highest BCUT2D eigenvalue weighted by Crippen LogP contribution is 2.41. The van der Waals surface area contributed by atoms with E-state index < -0.39 is 0 Å². The summed E-state index contributed by atoms with van der Waals surface area (Å²) in [5.74, 6) is 0.585. The summed E-state index contributed by atoms with van der Waals surface area (Å²) in [7, 11) is 0. The molecular weight excluding hydrogens is 196 g/mol. The molecule has 0 aromatic heterocycles. The second-order valence-electron chi connectivity index (χ2n) is 3.54. The van der Waals surface area contributed by atoms with Crippen molar-refractivity contribution in [1.29, 1.82) is 0 Å². The molecule has 0 unspecified atom stereocenters. The predicted molar refractivity (Wildman–Crippen MR) is 58.2 cm³/mol. The highest BCUT2D eigenvalue weighted by atomic mass is 35.5. The fraction of sp³-hybridized carbons (Fsp3) is 0.250. The molecule has 1 aliphatic rings. The van der Waals surface area contributed by atoms with E-state index in [0.717, 1.165) is 22.4 Å². The van der Waals surface area contributed by atoms with Gasteiger partial charge >= 0.3 is 0 Å². The van der Waals surface area contributed by atoms with E-state index in [0.29, 0.717) is 5.92 Å². The molecule has 1 saturated carbocycles. The number of hydrogen-bond donors (Lipinski definition) is 0. The summed E-state index contributed by atoms with van der Waals surface area (Å²) in [4.78, 5) is 10.5. The van der Waals surface area contributed by atoms with Gasteiger partial charge in [0.15, 0.2) is 0 Å². The fourth-order valence-corrected chi connectivity index (χ4v) is 1.70. The summed E-state index contributed by atoms with van der Waals surface area (Å²) in [6.07, 6.45) is 4.92. The van der Waals surface area contributed by atoms with Crippen LogP contribution in [0.25, 0.3) is 5.57 Å². The molecule has 0 heterocycles. The van der Waals surface area contributed by atoms with Crippen LogP contribution < -0.4 is 0 Å². The van der Waals surface area contributed by atoms with Gasteiger partial charge in [0, 0.05) is 5.02 Å². The number of aldehydes is 1. The molecule has 0 atom stereocenters. The van der Waals surface area contributed by atoms with Crippen molar-refractivity contribution in [2.75, 3.05) is 0 Å². The van der Waals surface area contributed by atoms with Gasteiger partial charge < -0.3 is 0 Å². The third kappa shape index (κ3) is 2.05. The zero-order valence-corrected chi connectivity index (χ0v) is 8.50. The lowest BCUT2D eigenvalue weighted by atomic mass is 10.0. The Morgan fingerprint density at radius 2 is 1.93 bits per heavy atom. The van der Waals surface area contributed by atoms with Crippen LogP contribution in [-0.4, -0.2) is 6.29 Å². The van der Waals surface area contributed by atoms with E-state index in [4.69, 9.17) is 11.6 Å². The predicted octanol–water partition coefficient (Wildman–Crippen LogP) is 3.33. The fourth-order valence-electron chi connectivity index (χ4n) is 1.58. The molecule has 0 spiro atoms. The van der Waals surface area contributed by atoms with Crippen molar-refractivity contribution in [2.45, 2.75) is 12.8 Å². The van der Waals surface area contributed by atoms with Gasteiger partial charge in [-0.05, 0) is 48.1 Å². The summed E-state index contributed by atoms with van der Waals surface area (Å²) in [6, 6.07) is 7.65. The van der Waals surface area contributed by atoms with Gasteiger partial charge in [-0.2, -0.15) is 0 Å². The second-order valence-corrected chi connectivity index (χ2v) is 3.98. The van der Waals surface area contributed by atoms with Crippen molar-refractivity contribution in [3.8, 4) is 0 Å². The van der Waals surface area contributed by atoms with Gasteiger partial charge in [-0.1, -0.05) is 23.7 Å². The van der Waals surface area contributed by atoms with Crippen molar-refractivity contribution < 1.29 is 4.79 Å². The molecule has 0 radical (unpaired) electrons. The van der Waals surface area contributed by atoms with Gasteiger partial charge in [0.1, 0.15) is 6.29 Å². The van der Waals surface area contributed by atoms with Crippen molar-refractivity contribution in [2.24, 2.45) is 5.92 Å². The number of halogens is 1. The average Bonchev–Trinajstić information content (AvgIpc) is 2.99. The van der Waals surface area contributed by atoms with Gasteiger partial charge in [-0.3, -0.25) is 4.79 Å². The zero-order chi connectivity index (χ0) is 9.97. The van der Waals surface area contributed by atoms with E-state index >= 15 is 0 Å². The molecule has 14 heavy (non-hydrogen) atoms. The number of hydrogen-bond acceptors (Lipinski definition) is 1. The van der Waals surface area contributed by atoms with Gasteiger partial charge in [-0.25, -0.2) is 0 Å². The Balaban J connectivity index is 2.30. The van der Waals surface area contributed by atoms with E-state index in [-0.39, 0.29) is 0 Å². The summed E-state index contributed by atoms with van der Waals surface area (Å²) >= 11 is 5.80. The molecule has 72 valence electrons. The molecule has 1 fully saturated rings. The van der Waals surface area contributed by atoms with Crippen LogP contribution in [0.1, 0.15) is 18.4 Å². The Morgan fingerprint density at radius 1 is 1.29 bits per heavy atom. The first-order chi connectivity index (χ1) is 6.81. The molecule has 0 saturated heterocycles. The minimum absolute atomic E-state index is 0.585. The van der Waals surface area contributed by atoms with Crippen LogP contribution >= 0.6 is 11.6 Å². The lowest BCUT2D eigenvalue weighted by Crippen LogP contribution is -1.87. The van der Waals surface area contributed by atoms with Crippen molar-refractivity contribution >= 4 is 23.5 Å². The van der Waals surface area contributed by atoms with Gasteiger partial charge in [0.25, 0.3) is 0 Å². The quantitative estimate of drug-likeness (QED) is 0.548. The van der Waals surface area contributed by atoms with E-state index in [1.54, 1.807) is 6.08 Å². The minimum Gasteiger partial charge on any atom is -0.299 e. The first kappa shape index (κ1) is 9.47. The highest BCUT2D eigenvalue weighted by molar-refractivity contribution is 6.30. The Bertz CT molecular complexity index is 360. The van der Waals surface area contributed by atoms with E-state index in [1.165, 1.54) is 12.8 Å². The smallest absolute Gasteiger partial charge is 0.143 e. The summed E-state index contributed by atoms with van der Waals surface area (Å²) in [5.41, 5.74) is 2.26. The summed E-state index contributed by atoms with van der Waals surface area (Å²) in [6.45, 7) is 0. The maximum Gasteiger partial charge on any atom is 0.143 e. The van der Waals surface area contributed by atoms with Crippen LogP contribution in [-0.2, 0) is 4.79 Å². The molecule has 1 nitrogen and oxygen atoms in total. The average molecular weight is 207 g/mol. The number of carbonyl (C=O) groups excluding carboxylic acids is 1. The summed E-state index contributed by atoms with van der Waals surface area (Å²) < 4.78 is 0. The van der Waals surface area contributed by atoms with Crippen LogP contribution in [0, 0.1) is 5.92 Å². The first-order valence-electron chi connectivity index (χ1n) is 4.72. The van der Waals surface area contributed by atoms with Crippen LogP contribution in [0.15, 0.2) is 30.3 Å². The normalized spacial score (nSPS) is 16.8. The van der Waals surface area contributed by atoms with Crippen LogP contribution in [0.2, 0.25) is 5.02 Å². The molecular formula is C12H11ClO. The molecule has 0 amide bonds. The van der Waals surface area contributed by atoms with Gasteiger partial charge in [-0.15, -0.1) is 0 Å². The lowest BCUT2D eigenvalue weighted by Gasteiger charge is -2.04. The molecule has 0 aliphatic heterocycles. The molecule has 2 rings (SSSR count). The number of allylic oxidation sites excluding steroid dienone is 2. The monoisotopic (exact) mass is 206 g/mol. The van der Waals surface area contributed by atoms with Gasteiger partial charge in [0.05, 0.1) is 0 Å². The largest absolute Gasteiger partial charge is 0.299 e. The van der Waals surface area contributed by atoms with Crippen LogP contribution in [0.4, 0.5) is 0 Å². The number of rotatable bonds is 3. The molecule has 0 bridgehead atoms.